The fourth-order valence-corrected chi connectivity index (χ4v) is 5.95. The van der Waals surface area contributed by atoms with Crippen molar-refractivity contribution in [1.29, 1.82) is 0 Å². The van der Waals surface area contributed by atoms with Crippen molar-refractivity contribution in [2.75, 3.05) is 37.6 Å². The van der Waals surface area contributed by atoms with Crippen molar-refractivity contribution in [1.82, 2.24) is 4.90 Å². The molecule has 0 radical (unpaired) electrons. The lowest BCUT2D eigenvalue weighted by molar-refractivity contribution is 0.0484. The van der Waals surface area contributed by atoms with E-state index in [0.29, 0.717) is 24.7 Å². The molecule has 2 atom stereocenters. The molecule has 176 valence electrons. The summed E-state index contributed by atoms with van der Waals surface area (Å²) in [6, 6.07) is 8.53. The van der Waals surface area contributed by atoms with E-state index in [1.807, 2.05) is 6.07 Å². The number of halogens is 1. The highest BCUT2D eigenvalue weighted by Crippen LogP contribution is 2.45. The Morgan fingerprint density at radius 1 is 1.24 bits per heavy atom. The van der Waals surface area contributed by atoms with E-state index < -0.39 is 5.97 Å². The topological polar surface area (TPSA) is 71.0 Å². The number of aromatic carboxylic acids is 1. The van der Waals surface area contributed by atoms with E-state index in [0.717, 1.165) is 54.9 Å². The number of nitrogens with one attached hydrogen (secondary N) is 1. The maximum Gasteiger partial charge on any atom is 0.341 e. The zero-order valence-corrected chi connectivity index (χ0v) is 19.3. The molecular weight excluding hydrogens is 443 g/mol. The summed E-state index contributed by atoms with van der Waals surface area (Å²) in [5.74, 6) is -0.674. The molecule has 8 heteroatoms. The van der Waals surface area contributed by atoms with Crippen LogP contribution in [0.25, 0.3) is 0 Å². The number of likely N-dealkylation sites (tertiary alicyclic amines) is 1. The Bertz CT molecular complexity index is 1030. The Kier molecular flexibility index (Phi) is 6.76. The van der Waals surface area contributed by atoms with Crippen molar-refractivity contribution in [3.63, 3.8) is 0 Å². The maximum absolute atomic E-state index is 14.0. The third-order valence-corrected chi connectivity index (χ3v) is 7.76. The minimum Gasteiger partial charge on any atom is -0.490 e. The van der Waals surface area contributed by atoms with Crippen LogP contribution in [0.4, 0.5) is 10.1 Å². The van der Waals surface area contributed by atoms with Gasteiger partial charge in [-0.3, -0.25) is 0 Å². The summed E-state index contributed by atoms with van der Waals surface area (Å²) in [5.41, 5.74) is 2.46. The second kappa shape index (κ2) is 9.91. The first kappa shape index (κ1) is 22.5. The van der Waals surface area contributed by atoms with Crippen LogP contribution in [0.3, 0.4) is 0 Å². The van der Waals surface area contributed by atoms with E-state index in [2.05, 4.69) is 9.62 Å². The first-order valence-corrected chi connectivity index (χ1v) is 12.5. The highest BCUT2D eigenvalue weighted by atomic mass is 32.2. The molecule has 3 aliphatic heterocycles. The number of carbonyl (C=O) groups is 1. The summed E-state index contributed by atoms with van der Waals surface area (Å²) >= 11 is 1.32. The van der Waals surface area contributed by atoms with Crippen LogP contribution in [-0.2, 0) is 11.2 Å². The lowest BCUT2D eigenvalue weighted by Crippen LogP contribution is -2.29. The number of benzene rings is 2. The minimum absolute atomic E-state index is 0.00494. The van der Waals surface area contributed by atoms with Gasteiger partial charge in [-0.05, 0) is 93.5 Å². The summed E-state index contributed by atoms with van der Waals surface area (Å²) in [4.78, 5) is 15.5. The fourth-order valence-electron chi connectivity index (χ4n) is 5.13. The van der Waals surface area contributed by atoms with E-state index in [1.54, 1.807) is 18.2 Å². The van der Waals surface area contributed by atoms with Crippen LogP contribution < -0.4 is 9.46 Å². The van der Waals surface area contributed by atoms with Crippen LogP contribution in [0.2, 0.25) is 0 Å². The largest absolute Gasteiger partial charge is 0.490 e. The molecule has 33 heavy (non-hydrogen) atoms. The molecule has 2 fully saturated rings. The summed E-state index contributed by atoms with van der Waals surface area (Å²) < 4.78 is 28.7. The first-order chi connectivity index (χ1) is 16.1. The third-order valence-electron chi connectivity index (χ3n) is 6.82. The summed E-state index contributed by atoms with van der Waals surface area (Å²) in [6.45, 7) is 4.36. The lowest BCUT2D eigenvalue weighted by atomic mass is 9.88. The number of nitrogens with zero attached hydrogens (tertiary/aromatic N) is 1. The van der Waals surface area contributed by atoms with Crippen LogP contribution in [0.1, 0.15) is 53.1 Å². The van der Waals surface area contributed by atoms with Gasteiger partial charge in [0.1, 0.15) is 23.7 Å². The maximum atomic E-state index is 14.0. The second-order valence-electron chi connectivity index (χ2n) is 8.94. The van der Waals surface area contributed by atoms with Crippen LogP contribution in [0.5, 0.6) is 5.75 Å². The molecule has 2 aromatic carbocycles. The first-order valence-electron chi connectivity index (χ1n) is 11.7. The number of aryl methyl sites for hydroxylation is 1. The summed E-state index contributed by atoms with van der Waals surface area (Å²) in [6.07, 6.45) is 5.13. The molecule has 2 unspecified atom stereocenters. The summed E-state index contributed by atoms with van der Waals surface area (Å²) in [5, 5.41) is 9.96. The molecule has 3 aliphatic rings. The predicted molar refractivity (Wildman–Crippen MR) is 126 cm³/mol. The van der Waals surface area contributed by atoms with E-state index in [-0.39, 0.29) is 23.4 Å². The van der Waals surface area contributed by atoms with Crippen molar-refractivity contribution >= 4 is 23.6 Å². The van der Waals surface area contributed by atoms with E-state index in [9.17, 15) is 14.3 Å². The number of hydrogen-bond acceptors (Lipinski definition) is 6. The Balaban J connectivity index is 1.32. The van der Waals surface area contributed by atoms with Crippen molar-refractivity contribution in [3.8, 4) is 5.75 Å². The molecule has 0 aliphatic carbocycles. The quantitative estimate of drug-likeness (QED) is 0.528. The smallest absolute Gasteiger partial charge is 0.341 e. The molecule has 0 saturated carbocycles. The van der Waals surface area contributed by atoms with Gasteiger partial charge in [0.2, 0.25) is 0 Å². The Morgan fingerprint density at radius 3 is 2.91 bits per heavy atom. The lowest BCUT2D eigenvalue weighted by Gasteiger charge is -2.29. The van der Waals surface area contributed by atoms with Crippen LogP contribution in [0, 0.1) is 5.82 Å². The molecule has 6 nitrogen and oxygen atoms in total. The van der Waals surface area contributed by atoms with E-state index >= 15 is 0 Å². The number of rotatable bonds is 8. The highest BCUT2D eigenvalue weighted by Gasteiger charge is 2.38. The van der Waals surface area contributed by atoms with Gasteiger partial charge in [0, 0.05) is 23.0 Å². The van der Waals surface area contributed by atoms with E-state index in [1.165, 1.54) is 30.9 Å². The number of anilines is 1. The average molecular weight is 473 g/mol. The Labute approximate surface area is 197 Å². The molecule has 2 N–H and O–H groups in total. The van der Waals surface area contributed by atoms with Gasteiger partial charge in [0.05, 0.1) is 11.8 Å². The van der Waals surface area contributed by atoms with Crippen LogP contribution in [0.15, 0.2) is 35.2 Å². The standard InChI is InChI=1S/C25H29FN2O4S/c26-17-5-8-22(16(14-17)4-3-12-28-10-1-2-11-28)33-27-20-7-6-19-18-9-13-31-21(18)15-32-24(19)23(20)25(29)30/h5-8,14,18,21,27H,1-4,9-13,15H2,(H,29,30). The monoisotopic (exact) mass is 472 g/mol. The number of hydrogen-bond donors (Lipinski definition) is 2. The van der Waals surface area contributed by atoms with Crippen molar-refractivity contribution in [2.24, 2.45) is 0 Å². The normalized spacial score (nSPS) is 22.0. The molecule has 2 aromatic rings. The van der Waals surface area contributed by atoms with Gasteiger partial charge < -0.3 is 24.2 Å². The number of ether oxygens (including phenoxy) is 2. The molecular formula is C25H29FN2O4S. The zero-order chi connectivity index (χ0) is 22.8. The third kappa shape index (κ3) is 4.83. The van der Waals surface area contributed by atoms with Crippen molar-refractivity contribution in [3.05, 3.63) is 52.8 Å². The molecule has 2 saturated heterocycles. The molecule has 0 aromatic heterocycles. The minimum atomic E-state index is -1.03. The van der Waals surface area contributed by atoms with E-state index in [4.69, 9.17) is 9.47 Å². The van der Waals surface area contributed by atoms with Gasteiger partial charge in [0.15, 0.2) is 0 Å². The molecule has 5 rings (SSSR count). The van der Waals surface area contributed by atoms with Gasteiger partial charge >= 0.3 is 5.97 Å². The molecule has 0 amide bonds. The Hall–Kier alpha value is -2.29. The molecule has 0 bridgehead atoms. The zero-order valence-electron chi connectivity index (χ0n) is 18.5. The second-order valence-corrected chi connectivity index (χ2v) is 9.78. The van der Waals surface area contributed by atoms with Gasteiger partial charge in [-0.15, -0.1) is 0 Å². The highest BCUT2D eigenvalue weighted by molar-refractivity contribution is 8.00. The van der Waals surface area contributed by atoms with Gasteiger partial charge in [0.25, 0.3) is 0 Å². The predicted octanol–water partition coefficient (Wildman–Crippen LogP) is 4.94. The van der Waals surface area contributed by atoms with Gasteiger partial charge in [-0.1, -0.05) is 6.07 Å². The molecule has 3 heterocycles. The Morgan fingerprint density at radius 2 is 2.09 bits per heavy atom. The SMILES string of the molecule is O=C(O)c1c(NSc2ccc(F)cc2CCCN2CCCC2)ccc2c1OCC1OCCC21. The van der Waals surface area contributed by atoms with Crippen molar-refractivity contribution in [2.45, 2.75) is 49.0 Å². The van der Waals surface area contributed by atoms with Gasteiger partial charge in [-0.2, -0.15) is 0 Å². The summed E-state index contributed by atoms with van der Waals surface area (Å²) in [7, 11) is 0. The van der Waals surface area contributed by atoms with Gasteiger partial charge in [-0.25, -0.2) is 9.18 Å². The van der Waals surface area contributed by atoms with Crippen LogP contribution >= 0.6 is 11.9 Å². The number of carboxylic acids is 1. The molecule has 0 spiro atoms. The van der Waals surface area contributed by atoms with Crippen LogP contribution in [-0.4, -0.2) is 54.9 Å². The fraction of sp³-hybridized carbons (Fsp3) is 0.480. The number of fused-ring (bicyclic) bond motifs is 3. The average Bonchev–Trinajstić information content (AvgIpc) is 3.50. The number of carboxylic acid groups (broad SMARTS) is 1. The van der Waals surface area contributed by atoms with Crippen molar-refractivity contribution < 1.29 is 23.8 Å².